The Kier molecular flexibility index (Phi) is 4.53. The van der Waals surface area contributed by atoms with E-state index in [1.807, 2.05) is 36.0 Å². The van der Waals surface area contributed by atoms with Gasteiger partial charge in [-0.2, -0.15) is 11.8 Å². The second-order valence-electron chi connectivity index (χ2n) is 4.85. The van der Waals surface area contributed by atoms with E-state index in [0.717, 1.165) is 24.1 Å². The summed E-state index contributed by atoms with van der Waals surface area (Å²) in [5.74, 6) is 0.117. The number of rotatable bonds is 4. The molecule has 2 atom stereocenters. The first-order chi connectivity index (χ1) is 8.67. The van der Waals surface area contributed by atoms with Gasteiger partial charge in [-0.3, -0.25) is 4.79 Å². The highest BCUT2D eigenvalue weighted by Crippen LogP contribution is 2.28. The van der Waals surface area contributed by atoms with E-state index in [0.29, 0.717) is 17.7 Å². The summed E-state index contributed by atoms with van der Waals surface area (Å²) in [6.45, 7) is 0. The third kappa shape index (κ3) is 3.67. The monoisotopic (exact) mass is 264 g/mol. The Hall–Kier alpha value is -1.16. The molecular formula is C14H20N2OS. The fraction of sp³-hybridized carbons (Fsp3) is 0.500. The lowest BCUT2D eigenvalue weighted by Gasteiger charge is -2.12. The van der Waals surface area contributed by atoms with Crippen molar-refractivity contribution >= 4 is 23.4 Å². The van der Waals surface area contributed by atoms with E-state index in [9.17, 15) is 4.79 Å². The summed E-state index contributed by atoms with van der Waals surface area (Å²) in [6.07, 6.45) is 6.02. The molecule has 4 heteroatoms. The number of nitrogens with two attached hydrogens (primary N) is 1. The van der Waals surface area contributed by atoms with Crippen LogP contribution in [-0.2, 0) is 11.2 Å². The van der Waals surface area contributed by atoms with E-state index >= 15 is 0 Å². The first-order valence-electron chi connectivity index (χ1n) is 6.34. The number of hydrogen-bond acceptors (Lipinski definition) is 3. The number of nitrogen functional groups attached to an aromatic ring is 1. The molecule has 0 aliphatic heterocycles. The molecule has 1 aromatic rings. The van der Waals surface area contributed by atoms with Crippen LogP contribution < -0.4 is 11.1 Å². The number of carbonyl (C=O) groups excluding carboxylic acids is 1. The van der Waals surface area contributed by atoms with E-state index in [-0.39, 0.29) is 5.91 Å². The topological polar surface area (TPSA) is 55.1 Å². The average Bonchev–Trinajstić information content (AvgIpc) is 2.79. The van der Waals surface area contributed by atoms with Crippen molar-refractivity contribution in [2.24, 2.45) is 0 Å². The Labute approximate surface area is 113 Å². The summed E-state index contributed by atoms with van der Waals surface area (Å²) in [7, 11) is 0. The van der Waals surface area contributed by atoms with Crippen LogP contribution in [0.1, 0.15) is 24.8 Å². The molecule has 18 heavy (non-hydrogen) atoms. The van der Waals surface area contributed by atoms with Gasteiger partial charge in [-0.1, -0.05) is 12.1 Å². The van der Waals surface area contributed by atoms with Crippen LogP contribution in [0, 0.1) is 0 Å². The quantitative estimate of drug-likeness (QED) is 0.820. The summed E-state index contributed by atoms with van der Waals surface area (Å²) in [6, 6.07) is 7.86. The normalized spacial score (nSPS) is 22.9. The first-order valence-corrected chi connectivity index (χ1v) is 7.62. The molecule has 0 radical (unpaired) electrons. The second kappa shape index (κ2) is 6.14. The Morgan fingerprint density at radius 2 is 2.11 bits per heavy atom. The minimum Gasteiger partial charge on any atom is -0.399 e. The van der Waals surface area contributed by atoms with Crippen molar-refractivity contribution < 1.29 is 4.79 Å². The maximum atomic E-state index is 11.9. The second-order valence-corrected chi connectivity index (χ2v) is 5.99. The number of thioether (sulfide) groups is 1. The van der Waals surface area contributed by atoms with Crippen molar-refractivity contribution in [2.45, 2.75) is 37.0 Å². The van der Waals surface area contributed by atoms with Gasteiger partial charge < -0.3 is 11.1 Å². The molecule has 98 valence electrons. The molecule has 2 rings (SSSR count). The minimum absolute atomic E-state index is 0.117. The molecule has 1 aromatic carbocycles. The lowest BCUT2D eigenvalue weighted by molar-refractivity contribution is -0.121. The van der Waals surface area contributed by atoms with Crippen molar-refractivity contribution in [3.63, 3.8) is 0 Å². The molecule has 3 nitrogen and oxygen atoms in total. The highest BCUT2D eigenvalue weighted by Gasteiger charge is 2.24. The van der Waals surface area contributed by atoms with Crippen LogP contribution in [0.15, 0.2) is 24.3 Å². The maximum Gasteiger partial charge on any atom is 0.224 e. The zero-order valence-electron chi connectivity index (χ0n) is 10.7. The molecule has 0 spiro atoms. The summed E-state index contributed by atoms with van der Waals surface area (Å²) < 4.78 is 0. The van der Waals surface area contributed by atoms with Crippen LogP contribution in [-0.4, -0.2) is 23.5 Å². The van der Waals surface area contributed by atoms with Gasteiger partial charge in [-0.25, -0.2) is 0 Å². The van der Waals surface area contributed by atoms with Gasteiger partial charge in [0.2, 0.25) is 5.91 Å². The number of benzene rings is 1. The Balaban J connectivity index is 1.80. The van der Waals surface area contributed by atoms with Gasteiger partial charge in [0.25, 0.3) is 0 Å². The van der Waals surface area contributed by atoms with Crippen LogP contribution in [0.3, 0.4) is 0 Å². The predicted molar refractivity (Wildman–Crippen MR) is 77.6 cm³/mol. The Morgan fingerprint density at radius 3 is 2.72 bits per heavy atom. The molecular weight excluding hydrogens is 244 g/mol. The summed E-state index contributed by atoms with van der Waals surface area (Å²) in [4.78, 5) is 11.9. The predicted octanol–water partition coefficient (Wildman–Crippen LogP) is 2.21. The average molecular weight is 264 g/mol. The standard InChI is InChI=1S/C14H20N2OS/c1-18-13-7-6-12(9-13)16-14(17)8-10-2-4-11(15)5-3-10/h2-5,12-13H,6-9,15H2,1H3,(H,16,17). The van der Waals surface area contributed by atoms with Crippen LogP contribution in [0.4, 0.5) is 5.69 Å². The van der Waals surface area contributed by atoms with Crippen LogP contribution >= 0.6 is 11.8 Å². The molecule has 1 fully saturated rings. The third-order valence-electron chi connectivity index (χ3n) is 3.43. The van der Waals surface area contributed by atoms with Crippen LogP contribution in [0.25, 0.3) is 0 Å². The molecule has 1 amide bonds. The van der Waals surface area contributed by atoms with Crippen molar-refractivity contribution in [1.82, 2.24) is 5.32 Å². The van der Waals surface area contributed by atoms with Crippen LogP contribution in [0.5, 0.6) is 0 Å². The maximum absolute atomic E-state index is 11.9. The molecule has 0 saturated heterocycles. The van der Waals surface area contributed by atoms with Gasteiger partial charge in [0, 0.05) is 17.0 Å². The summed E-state index contributed by atoms with van der Waals surface area (Å²) in [5.41, 5.74) is 7.37. The van der Waals surface area contributed by atoms with E-state index in [4.69, 9.17) is 5.73 Å². The van der Waals surface area contributed by atoms with Gasteiger partial charge in [0.05, 0.1) is 6.42 Å². The van der Waals surface area contributed by atoms with E-state index in [1.165, 1.54) is 6.42 Å². The lowest BCUT2D eigenvalue weighted by Crippen LogP contribution is -2.34. The molecule has 1 aliphatic carbocycles. The summed E-state index contributed by atoms with van der Waals surface area (Å²) >= 11 is 1.90. The van der Waals surface area contributed by atoms with Gasteiger partial charge in [-0.15, -0.1) is 0 Å². The van der Waals surface area contributed by atoms with Gasteiger partial charge in [0.15, 0.2) is 0 Å². The highest BCUT2D eigenvalue weighted by molar-refractivity contribution is 7.99. The van der Waals surface area contributed by atoms with Crippen molar-refractivity contribution in [3.8, 4) is 0 Å². The number of anilines is 1. The molecule has 1 saturated carbocycles. The van der Waals surface area contributed by atoms with Crippen molar-refractivity contribution in [2.75, 3.05) is 12.0 Å². The minimum atomic E-state index is 0.117. The zero-order chi connectivity index (χ0) is 13.0. The molecule has 2 unspecified atom stereocenters. The van der Waals surface area contributed by atoms with E-state index in [1.54, 1.807) is 0 Å². The molecule has 0 bridgehead atoms. The number of amides is 1. The highest BCUT2D eigenvalue weighted by atomic mass is 32.2. The first kappa shape index (κ1) is 13.3. The number of nitrogens with one attached hydrogen (secondary N) is 1. The van der Waals surface area contributed by atoms with Crippen molar-refractivity contribution in [3.05, 3.63) is 29.8 Å². The summed E-state index contributed by atoms with van der Waals surface area (Å²) in [5, 5.41) is 3.84. The molecule has 0 aromatic heterocycles. The SMILES string of the molecule is CSC1CCC(NC(=O)Cc2ccc(N)cc2)C1. The van der Waals surface area contributed by atoms with Crippen molar-refractivity contribution in [1.29, 1.82) is 0 Å². The van der Waals surface area contributed by atoms with Gasteiger partial charge >= 0.3 is 0 Å². The third-order valence-corrected chi connectivity index (χ3v) is 4.52. The number of hydrogen-bond donors (Lipinski definition) is 2. The molecule has 0 heterocycles. The van der Waals surface area contributed by atoms with Crippen LogP contribution in [0.2, 0.25) is 0 Å². The van der Waals surface area contributed by atoms with Gasteiger partial charge in [0.1, 0.15) is 0 Å². The Morgan fingerprint density at radius 1 is 1.39 bits per heavy atom. The van der Waals surface area contributed by atoms with E-state index < -0.39 is 0 Å². The Bertz CT molecular complexity index is 405. The fourth-order valence-electron chi connectivity index (χ4n) is 2.38. The molecule has 3 N–H and O–H groups in total. The molecule has 1 aliphatic rings. The number of carbonyl (C=O) groups is 1. The fourth-order valence-corrected chi connectivity index (χ4v) is 3.18. The van der Waals surface area contributed by atoms with Gasteiger partial charge in [-0.05, 0) is 43.2 Å². The lowest BCUT2D eigenvalue weighted by atomic mass is 10.1. The smallest absolute Gasteiger partial charge is 0.224 e. The van der Waals surface area contributed by atoms with E-state index in [2.05, 4.69) is 11.6 Å². The zero-order valence-corrected chi connectivity index (χ0v) is 11.5. The largest absolute Gasteiger partial charge is 0.399 e.